The van der Waals surface area contributed by atoms with E-state index in [1.807, 2.05) is 18.2 Å². The van der Waals surface area contributed by atoms with E-state index in [2.05, 4.69) is 16.3 Å². The quantitative estimate of drug-likeness (QED) is 0.891. The van der Waals surface area contributed by atoms with E-state index in [9.17, 15) is 4.79 Å². The van der Waals surface area contributed by atoms with E-state index in [1.54, 1.807) is 0 Å². The van der Waals surface area contributed by atoms with Crippen LogP contribution in [-0.4, -0.2) is 36.5 Å². The monoisotopic (exact) mass is 334 g/mol. The van der Waals surface area contributed by atoms with Crippen LogP contribution in [0.2, 0.25) is 5.02 Å². The molecule has 0 aliphatic carbocycles. The van der Waals surface area contributed by atoms with Crippen LogP contribution >= 0.6 is 11.6 Å². The number of carbonyl (C=O) groups excluding carboxylic acids is 1. The van der Waals surface area contributed by atoms with Gasteiger partial charge in [-0.15, -0.1) is 0 Å². The Morgan fingerprint density at radius 3 is 2.78 bits per heavy atom. The fourth-order valence-corrected chi connectivity index (χ4v) is 4.15. The van der Waals surface area contributed by atoms with Gasteiger partial charge in [-0.05, 0) is 69.2 Å². The third kappa shape index (κ3) is 4.48. The zero-order valence-corrected chi connectivity index (χ0v) is 14.5. The Morgan fingerprint density at radius 1 is 1.22 bits per heavy atom. The Labute approximate surface area is 144 Å². The molecule has 2 saturated heterocycles. The molecule has 1 aromatic carbocycles. The van der Waals surface area contributed by atoms with E-state index < -0.39 is 0 Å². The lowest BCUT2D eigenvalue weighted by molar-refractivity contribution is -0.132. The van der Waals surface area contributed by atoms with Crippen molar-refractivity contribution in [2.24, 2.45) is 5.92 Å². The highest BCUT2D eigenvalue weighted by atomic mass is 35.5. The molecule has 1 N–H and O–H groups in total. The van der Waals surface area contributed by atoms with Crippen LogP contribution in [0.4, 0.5) is 0 Å². The summed E-state index contributed by atoms with van der Waals surface area (Å²) in [6, 6.07) is 8.34. The first-order valence-electron chi connectivity index (χ1n) is 8.97. The molecule has 2 aliphatic heterocycles. The highest BCUT2D eigenvalue weighted by molar-refractivity contribution is 6.31. The lowest BCUT2D eigenvalue weighted by Gasteiger charge is -2.27. The topological polar surface area (TPSA) is 32.3 Å². The van der Waals surface area contributed by atoms with Crippen molar-refractivity contribution in [3.05, 3.63) is 34.9 Å². The molecule has 4 heteroatoms. The summed E-state index contributed by atoms with van der Waals surface area (Å²) in [6.07, 6.45) is 7.31. The number of nitrogens with zero attached hydrogens (tertiary/aromatic N) is 1. The number of piperidine rings is 1. The van der Waals surface area contributed by atoms with Crippen molar-refractivity contribution in [2.45, 2.75) is 51.0 Å². The minimum atomic E-state index is 0.329. The Hall–Kier alpha value is -1.06. The van der Waals surface area contributed by atoms with Gasteiger partial charge in [-0.3, -0.25) is 4.79 Å². The van der Waals surface area contributed by atoms with Crippen LogP contribution in [0.25, 0.3) is 0 Å². The van der Waals surface area contributed by atoms with E-state index in [-0.39, 0.29) is 0 Å². The fraction of sp³-hybridized carbons (Fsp3) is 0.632. The fourth-order valence-electron chi connectivity index (χ4n) is 3.94. The van der Waals surface area contributed by atoms with Crippen molar-refractivity contribution in [1.29, 1.82) is 0 Å². The molecule has 2 fully saturated rings. The summed E-state index contributed by atoms with van der Waals surface area (Å²) in [5.74, 6) is 1.07. The highest BCUT2D eigenvalue weighted by Gasteiger charge is 2.29. The molecule has 1 amide bonds. The van der Waals surface area contributed by atoms with Crippen LogP contribution < -0.4 is 5.32 Å². The Morgan fingerprint density at radius 2 is 2.00 bits per heavy atom. The van der Waals surface area contributed by atoms with E-state index >= 15 is 0 Å². The van der Waals surface area contributed by atoms with Crippen LogP contribution in [0.15, 0.2) is 24.3 Å². The Balaban J connectivity index is 1.53. The normalized spacial score (nSPS) is 22.5. The summed E-state index contributed by atoms with van der Waals surface area (Å²) in [5, 5.41) is 4.21. The molecule has 23 heavy (non-hydrogen) atoms. The first-order valence-corrected chi connectivity index (χ1v) is 9.35. The second-order valence-corrected chi connectivity index (χ2v) is 7.32. The van der Waals surface area contributed by atoms with Gasteiger partial charge in [-0.1, -0.05) is 29.8 Å². The largest absolute Gasteiger partial charge is 0.339 e. The number of amides is 1. The van der Waals surface area contributed by atoms with Gasteiger partial charge >= 0.3 is 0 Å². The second-order valence-electron chi connectivity index (χ2n) is 6.91. The summed E-state index contributed by atoms with van der Waals surface area (Å²) in [7, 11) is 0. The SMILES string of the molecule is O=C(CCC1CCNCC1)N1CCC[C@H]1Cc1ccccc1Cl. The summed E-state index contributed by atoms with van der Waals surface area (Å²) >= 11 is 6.28. The molecule has 0 saturated carbocycles. The second kappa shape index (κ2) is 8.16. The lowest BCUT2D eigenvalue weighted by atomic mass is 9.93. The first-order chi connectivity index (χ1) is 11.2. The van der Waals surface area contributed by atoms with Crippen molar-refractivity contribution in [2.75, 3.05) is 19.6 Å². The molecule has 2 aliphatic rings. The van der Waals surface area contributed by atoms with E-state index in [0.717, 1.165) is 61.8 Å². The number of benzene rings is 1. The molecule has 0 spiro atoms. The Bertz CT molecular complexity index is 528. The molecule has 3 nitrogen and oxygen atoms in total. The number of nitrogens with one attached hydrogen (secondary N) is 1. The summed E-state index contributed by atoms with van der Waals surface area (Å²) in [4.78, 5) is 14.8. The molecule has 1 atom stereocenters. The van der Waals surface area contributed by atoms with E-state index in [1.165, 1.54) is 12.8 Å². The molecule has 0 aromatic heterocycles. The lowest BCUT2D eigenvalue weighted by Crippen LogP contribution is -2.37. The van der Waals surface area contributed by atoms with Gasteiger partial charge in [0.15, 0.2) is 0 Å². The van der Waals surface area contributed by atoms with Crippen LogP contribution in [0.5, 0.6) is 0 Å². The van der Waals surface area contributed by atoms with Gasteiger partial charge in [0.05, 0.1) is 0 Å². The van der Waals surface area contributed by atoms with Crippen LogP contribution in [0, 0.1) is 5.92 Å². The maximum atomic E-state index is 12.7. The van der Waals surface area contributed by atoms with Gasteiger partial charge in [0, 0.05) is 24.0 Å². The predicted molar refractivity (Wildman–Crippen MR) is 94.7 cm³/mol. The molecule has 1 aromatic rings. The van der Waals surface area contributed by atoms with Gasteiger partial charge in [0.2, 0.25) is 5.91 Å². The molecule has 0 unspecified atom stereocenters. The van der Waals surface area contributed by atoms with E-state index in [4.69, 9.17) is 11.6 Å². The standard InChI is InChI=1S/C19H27ClN2O/c20-18-6-2-1-4-16(18)14-17-5-3-13-22(17)19(23)8-7-15-9-11-21-12-10-15/h1-2,4,6,15,17,21H,3,5,7-14H2/t17-/m0/s1. The highest BCUT2D eigenvalue weighted by Crippen LogP contribution is 2.26. The minimum Gasteiger partial charge on any atom is -0.339 e. The van der Waals surface area contributed by atoms with Gasteiger partial charge in [0.1, 0.15) is 0 Å². The molecule has 2 heterocycles. The average Bonchev–Trinajstić information content (AvgIpc) is 3.04. The molecule has 3 rings (SSSR count). The molecular weight excluding hydrogens is 308 g/mol. The van der Waals surface area contributed by atoms with Crippen molar-refractivity contribution < 1.29 is 4.79 Å². The van der Waals surface area contributed by atoms with Gasteiger partial charge < -0.3 is 10.2 Å². The van der Waals surface area contributed by atoms with E-state index in [0.29, 0.717) is 18.4 Å². The molecule has 0 radical (unpaired) electrons. The molecular formula is C19H27ClN2O. The number of carbonyl (C=O) groups is 1. The van der Waals surface area contributed by atoms with Gasteiger partial charge in [-0.2, -0.15) is 0 Å². The zero-order valence-electron chi connectivity index (χ0n) is 13.8. The first kappa shape index (κ1) is 16.8. The summed E-state index contributed by atoms with van der Waals surface area (Å²) < 4.78 is 0. The summed E-state index contributed by atoms with van der Waals surface area (Å²) in [5.41, 5.74) is 1.16. The smallest absolute Gasteiger partial charge is 0.222 e. The van der Waals surface area contributed by atoms with Crippen molar-refractivity contribution in [3.63, 3.8) is 0 Å². The van der Waals surface area contributed by atoms with Crippen LogP contribution in [0.1, 0.15) is 44.1 Å². The third-order valence-electron chi connectivity index (χ3n) is 5.34. The average molecular weight is 335 g/mol. The molecule has 126 valence electrons. The van der Waals surface area contributed by atoms with Crippen LogP contribution in [-0.2, 0) is 11.2 Å². The number of likely N-dealkylation sites (tertiary alicyclic amines) is 1. The zero-order chi connectivity index (χ0) is 16.1. The number of rotatable bonds is 5. The van der Waals surface area contributed by atoms with Gasteiger partial charge in [-0.25, -0.2) is 0 Å². The maximum Gasteiger partial charge on any atom is 0.222 e. The summed E-state index contributed by atoms with van der Waals surface area (Å²) in [6.45, 7) is 3.13. The third-order valence-corrected chi connectivity index (χ3v) is 5.70. The molecule has 0 bridgehead atoms. The minimum absolute atomic E-state index is 0.329. The maximum absolute atomic E-state index is 12.7. The predicted octanol–water partition coefficient (Wildman–Crippen LogP) is 3.65. The van der Waals surface area contributed by atoms with Gasteiger partial charge in [0.25, 0.3) is 0 Å². The number of halogens is 1. The van der Waals surface area contributed by atoms with Crippen molar-refractivity contribution in [1.82, 2.24) is 10.2 Å². The number of hydrogen-bond donors (Lipinski definition) is 1. The number of hydrogen-bond acceptors (Lipinski definition) is 2. The Kier molecular flexibility index (Phi) is 5.96. The van der Waals surface area contributed by atoms with Crippen LogP contribution in [0.3, 0.4) is 0 Å². The van der Waals surface area contributed by atoms with Crippen molar-refractivity contribution >= 4 is 17.5 Å². The van der Waals surface area contributed by atoms with Crippen molar-refractivity contribution in [3.8, 4) is 0 Å².